The first-order valence-corrected chi connectivity index (χ1v) is 4.16. The first kappa shape index (κ1) is 12.6. The summed E-state index contributed by atoms with van der Waals surface area (Å²) in [6.45, 7) is 1.25. The molecule has 0 amide bonds. The zero-order valence-corrected chi connectivity index (χ0v) is 8.07. The van der Waals surface area contributed by atoms with Gasteiger partial charge in [0.05, 0.1) is 11.4 Å². The van der Waals surface area contributed by atoms with Crippen LogP contribution in [0.4, 0.5) is 22.0 Å². The molecule has 1 unspecified atom stereocenters. The van der Waals surface area contributed by atoms with E-state index >= 15 is 0 Å². The van der Waals surface area contributed by atoms with Gasteiger partial charge in [-0.05, 0) is 13.0 Å². The van der Waals surface area contributed by atoms with E-state index < -0.39 is 24.0 Å². The second-order valence-corrected chi connectivity index (χ2v) is 3.18. The molecule has 8 heteroatoms. The zero-order chi connectivity index (χ0) is 12.6. The third-order valence-corrected chi connectivity index (χ3v) is 1.87. The fourth-order valence-electron chi connectivity index (χ4n) is 1.00. The molecule has 0 spiro atoms. The minimum atomic E-state index is -5.67. The maximum absolute atomic E-state index is 12.9. The first-order chi connectivity index (χ1) is 7.16. The Morgan fingerprint density at radius 3 is 2.38 bits per heavy atom. The Morgan fingerprint density at radius 1 is 1.38 bits per heavy atom. The van der Waals surface area contributed by atoms with Crippen LogP contribution in [0, 0.1) is 5.41 Å². The van der Waals surface area contributed by atoms with Crippen LogP contribution in [-0.4, -0.2) is 30.2 Å². The number of hydrogen-bond acceptors (Lipinski definition) is 3. The molecule has 90 valence electrons. The molecule has 1 rings (SSSR count). The highest BCUT2D eigenvalue weighted by molar-refractivity contribution is 5.88. The fourth-order valence-corrected chi connectivity index (χ4v) is 1.00. The summed E-state index contributed by atoms with van der Waals surface area (Å²) in [6.07, 6.45) is -5.47. The van der Waals surface area contributed by atoms with E-state index in [1.165, 1.54) is 6.92 Å². The van der Waals surface area contributed by atoms with Crippen molar-refractivity contribution in [3.63, 3.8) is 0 Å². The number of hydrogen-bond donors (Lipinski definition) is 2. The normalized spacial score (nSPS) is 21.4. The minimum absolute atomic E-state index is 0.153. The van der Waals surface area contributed by atoms with E-state index in [9.17, 15) is 22.0 Å². The number of nitrogens with one attached hydrogen (secondary N) is 2. The van der Waals surface area contributed by atoms with Gasteiger partial charge in [0.25, 0.3) is 0 Å². The van der Waals surface area contributed by atoms with Crippen LogP contribution in [0.25, 0.3) is 0 Å². The van der Waals surface area contributed by atoms with Crippen LogP contribution in [0.5, 0.6) is 0 Å². The lowest BCUT2D eigenvalue weighted by Gasteiger charge is -2.27. The fraction of sp³-hybridized carbons (Fsp3) is 0.500. The smallest absolute Gasteiger partial charge is 0.357 e. The van der Waals surface area contributed by atoms with Crippen molar-refractivity contribution in [2.24, 2.45) is 4.99 Å². The molecule has 0 bridgehead atoms. The van der Waals surface area contributed by atoms with Crippen LogP contribution in [-0.2, 0) is 0 Å². The van der Waals surface area contributed by atoms with Gasteiger partial charge in [-0.25, -0.2) is 0 Å². The molecule has 2 N–H and O–H groups in total. The van der Waals surface area contributed by atoms with Crippen molar-refractivity contribution in [3.8, 4) is 0 Å². The monoisotopic (exact) mass is 241 g/mol. The number of allylic oxidation sites excluding steroid dienone is 2. The number of halogens is 5. The first-order valence-electron chi connectivity index (χ1n) is 4.16. The van der Waals surface area contributed by atoms with Gasteiger partial charge in [-0.1, -0.05) is 0 Å². The SMILES string of the molecule is CC(=N)C1N=CC=C(C(F)(F)C(F)(F)F)N1. The molecule has 0 aromatic rings. The highest BCUT2D eigenvalue weighted by Gasteiger charge is 2.60. The number of nitrogens with zero attached hydrogens (tertiary/aromatic N) is 1. The van der Waals surface area contributed by atoms with Crippen molar-refractivity contribution < 1.29 is 22.0 Å². The van der Waals surface area contributed by atoms with Crippen molar-refractivity contribution in [3.05, 3.63) is 11.8 Å². The largest absolute Gasteiger partial charge is 0.459 e. The maximum atomic E-state index is 12.9. The van der Waals surface area contributed by atoms with E-state index in [0.717, 1.165) is 6.21 Å². The van der Waals surface area contributed by atoms with Crippen LogP contribution >= 0.6 is 0 Å². The van der Waals surface area contributed by atoms with Gasteiger partial charge in [-0.15, -0.1) is 0 Å². The third kappa shape index (κ3) is 2.20. The molecular formula is C8H8F5N3. The lowest BCUT2D eigenvalue weighted by molar-refractivity contribution is -0.266. The number of rotatable bonds is 2. The van der Waals surface area contributed by atoms with E-state index in [1.807, 2.05) is 5.32 Å². The van der Waals surface area contributed by atoms with Gasteiger partial charge in [-0.3, -0.25) is 4.99 Å². The summed E-state index contributed by atoms with van der Waals surface area (Å²) in [5.41, 5.74) is -1.45. The Hall–Kier alpha value is -1.47. The van der Waals surface area contributed by atoms with Crippen molar-refractivity contribution in [1.29, 1.82) is 5.41 Å². The van der Waals surface area contributed by atoms with Crippen molar-refractivity contribution in [2.75, 3.05) is 0 Å². The molecule has 1 aliphatic heterocycles. The van der Waals surface area contributed by atoms with E-state index in [1.54, 1.807) is 0 Å². The average Bonchev–Trinajstić information content (AvgIpc) is 2.16. The molecule has 0 saturated carbocycles. The van der Waals surface area contributed by atoms with Gasteiger partial charge in [-0.2, -0.15) is 22.0 Å². The summed E-state index contributed by atoms with van der Waals surface area (Å²) in [4.78, 5) is 3.54. The van der Waals surface area contributed by atoms with Crippen LogP contribution in [0.1, 0.15) is 6.92 Å². The average molecular weight is 241 g/mol. The lowest BCUT2D eigenvalue weighted by atomic mass is 10.1. The van der Waals surface area contributed by atoms with E-state index in [0.29, 0.717) is 6.08 Å². The Labute approximate surface area is 87.6 Å². The van der Waals surface area contributed by atoms with Gasteiger partial charge in [0.15, 0.2) is 6.17 Å². The Balaban J connectivity index is 2.95. The van der Waals surface area contributed by atoms with Crippen LogP contribution < -0.4 is 5.32 Å². The molecule has 0 aromatic heterocycles. The number of aliphatic imine (C=N–C) groups is 1. The second-order valence-electron chi connectivity index (χ2n) is 3.18. The summed E-state index contributed by atoms with van der Waals surface area (Å²) >= 11 is 0. The number of alkyl halides is 5. The van der Waals surface area contributed by atoms with Gasteiger partial charge >= 0.3 is 12.1 Å². The van der Waals surface area contributed by atoms with Crippen LogP contribution in [0.15, 0.2) is 16.8 Å². The molecule has 0 aliphatic carbocycles. The zero-order valence-electron chi connectivity index (χ0n) is 8.07. The highest BCUT2D eigenvalue weighted by Crippen LogP contribution is 2.40. The Morgan fingerprint density at radius 2 is 1.94 bits per heavy atom. The van der Waals surface area contributed by atoms with E-state index in [-0.39, 0.29) is 5.71 Å². The standard InChI is InChI=1S/C8H8F5N3/c1-4(14)6-15-3-2-5(16-6)7(9,10)8(11,12)13/h2-3,6,14,16H,1H3. The molecule has 0 saturated heterocycles. The molecule has 3 nitrogen and oxygen atoms in total. The highest BCUT2D eigenvalue weighted by atomic mass is 19.4. The summed E-state index contributed by atoms with van der Waals surface area (Å²) in [7, 11) is 0. The van der Waals surface area contributed by atoms with Crippen LogP contribution in [0.2, 0.25) is 0 Å². The lowest BCUT2D eigenvalue weighted by Crippen LogP contribution is -2.48. The van der Waals surface area contributed by atoms with E-state index in [2.05, 4.69) is 4.99 Å². The van der Waals surface area contributed by atoms with Gasteiger partial charge in [0.2, 0.25) is 0 Å². The summed E-state index contributed by atoms with van der Waals surface area (Å²) in [5, 5.41) is 8.98. The Bertz CT molecular complexity index is 355. The molecule has 16 heavy (non-hydrogen) atoms. The Kier molecular flexibility index (Phi) is 3.02. The maximum Gasteiger partial charge on any atom is 0.459 e. The van der Waals surface area contributed by atoms with Gasteiger partial charge < -0.3 is 10.7 Å². The second kappa shape index (κ2) is 3.84. The van der Waals surface area contributed by atoms with Crippen LogP contribution in [0.3, 0.4) is 0 Å². The van der Waals surface area contributed by atoms with Crippen molar-refractivity contribution in [1.82, 2.24) is 5.32 Å². The molecule has 1 atom stereocenters. The van der Waals surface area contributed by atoms with E-state index in [4.69, 9.17) is 5.41 Å². The summed E-state index contributed by atoms with van der Waals surface area (Å²) < 4.78 is 61.8. The minimum Gasteiger partial charge on any atom is -0.357 e. The summed E-state index contributed by atoms with van der Waals surface area (Å²) in [6, 6.07) is 0. The summed E-state index contributed by atoms with van der Waals surface area (Å²) in [5.74, 6) is -4.97. The molecular weight excluding hydrogens is 233 g/mol. The van der Waals surface area contributed by atoms with Crippen molar-refractivity contribution >= 4 is 11.9 Å². The predicted octanol–water partition coefficient (Wildman–Crippen LogP) is 2.11. The van der Waals surface area contributed by atoms with Gasteiger partial charge in [0, 0.05) is 6.21 Å². The predicted molar refractivity (Wildman–Crippen MR) is 47.9 cm³/mol. The molecule has 0 aromatic carbocycles. The quantitative estimate of drug-likeness (QED) is 0.564. The van der Waals surface area contributed by atoms with Gasteiger partial charge in [0.1, 0.15) is 0 Å². The topological polar surface area (TPSA) is 48.2 Å². The van der Waals surface area contributed by atoms with Crippen molar-refractivity contribution in [2.45, 2.75) is 25.2 Å². The molecule has 1 heterocycles. The molecule has 0 radical (unpaired) electrons. The molecule has 1 aliphatic rings. The molecule has 0 fully saturated rings. The third-order valence-electron chi connectivity index (χ3n) is 1.87.